The second-order valence-electron chi connectivity index (χ2n) is 7.93. The highest BCUT2D eigenvalue weighted by atomic mass is 79.9. The normalized spacial score (nSPS) is 16.0. The number of nitrogens with zero attached hydrogens (tertiary/aromatic N) is 2. The molecule has 1 fully saturated rings. The molecule has 0 unspecified atom stereocenters. The van der Waals surface area contributed by atoms with Gasteiger partial charge in [0, 0.05) is 10.5 Å². The van der Waals surface area contributed by atoms with E-state index in [1.54, 1.807) is 12.0 Å². The van der Waals surface area contributed by atoms with E-state index in [-0.39, 0.29) is 11.9 Å². The first-order valence-corrected chi connectivity index (χ1v) is 12.5. The van der Waals surface area contributed by atoms with Crippen LogP contribution in [0.5, 0.6) is 11.5 Å². The van der Waals surface area contributed by atoms with E-state index < -0.39 is 0 Å². The average molecular weight is 537 g/mol. The number of carbonyl (C=O) groups excluding carboxylic acids is 1. The summed E-state index contributed by atoms with van der Waals surface area (Å²) in [4.78, 5) is 20.2. The number of thioether (sulfide) groups is 1. The van der Waals surface area contributed by atoms with E-state index >= 15 is 0 Å². The van der Waals surface area contributed by atoms with Crippen LogP contribution in [0.2, 0.25) is 0 Å². The Balaban J connectivity index is 1.56. The van der Waals surface area contributed by atoms with Crippen molar-refractivity contribution in [3.05, 3.63) is 93.3 Å². The molecule has 0 bridgehead atoms. The Labute approximate surface area is 212 Å². The second-order valence-corrected chi connectivity index (χ2v) is 9.86. The van der Waals surface area contributed by atoms with Crippen molar-refractivity contribution in [3.8, 4) is 11.5 Å². The van der Waals surface area contributed by atoms with Gasteiger partial charge in [0.2, 0.25) is 0 Å². The van der Waals surface area contributed by atoms with Crippen LogP contribution < -0.4 is 9.47 Å². The molecule has 5 nitrogen and oxygen atoms in total. The predicted octanol–water partition coefficient (Wildman–Crippen LogP) is 7.05. The second kappa shape index (κ2) is 10.9. The van der Waals surface area contributed by atoms with Gasteiger partial charge in [-0.05, 0) is 79.2 Å². The summed E-state index contributed by atoms with van der Waals surface area (Å²) in [5.41, 5.74) is 2.73. The maximum absolute atomic E-state index is 13.2. The molecule has 1 aliphatic rings. The van der Waals surface area contributed by atoms with Crippen molar-refractivity contribution in [1.29, 1.82) is 0 Å². The van der Waals surface area contributed by atoms with Gasteiger partial charge in [0.1, 0.15) is 6.61 Å². The van der Waals surface area contributed by atoms with Crippen LogP contribution in [0, 0.1) is 0 Å². The largest absolute Gasteiger partial charge is 0.493 e. The summed E-state index contributed by atoms with van der Waals surface area (Å²) in [5, 5.41) is 0.680. The highest BCUT2D eigenvalue weighted by Gasteiger charge is 2.35. The summed E-state index contributed by atoms with van der Waals surface area (Å²) >= 11 is 4.82. The Kier molecular flexibility index (Phi) is 7.75. The van der Waals surface area contributed by atoms with Crippen molar-refractivity contribution in [2.75, 3.05) is 7.11 Å². The summed E-state index contributed by atoms with van der Waals surface area (Å²) in [5.74, 6) is 1.21. The lowest BCUT2D eigenvalue weighted by atomic mass is 10.1. The molecule has 1 saturated heterocycles. The standard InChI is InChI=1S/C27H25BrN2O3S/c1-18(2)30-26(31)25(34-27(30)29-22-7-5-4-6-8-22)16-20-11-14-23(24(15-20)32-3)33-17-19-9-12-21(28)13-10-19/h4-16,18H,17H2,1-3H3/b25-16+,29-27?. The molecule has 0 aromatic heterocycles. The quantitative estimate of drug-likeness (QED) is 0.303. The third-order valence-corrected chi connectivity index (χ3v) is 6.64. The van der Waals surface area contributed by atoms with Crippen molar-refractivity contribution in [2.24, 2.45) is 4.99 Å². The van der Waals surface area contributed by atoms with Crippen LogP contribution in [0.4, 0.5) is 5.69 Å². The molecule has 0 radical (unpaired) electrons. The molecule has 174 valence electrons. The molecule has 0 saturated carbocycles. The third-order valence-electron chi connectivity index (χ3n) is 5.13. The number of amidine groups is 1. The van der Waals surface area contributed by atoms with Crippen LogP contribution in [0.15, 0.2) is 87.2 Å². The van der Waals surface area contributed by atoms with Gasteiger partial charge in [0.25, 0.3) is 5.91 Å². The minimum absolute atomic E-state index is 0.00251. The Morgan fingerprint density at radius 1 is 1.03 bits per heavy atom. The van der Waals surface area contributed by atoms with E-state index in [1.165, 1.54) is 11.8 Å². The lowest BCUT2D eigenvalue weighted by Gasteiger charge is -2.19. The number of rotatable bonds is 7. The number of hydrogen-bond donors (Lipinski definition) is 0. The fraction of sp³-hybridized carbons (Fsp3) is 0.185. The summed E-state index contributed by atoms with van der Waals surface area (Å²) in [6.07, 6.45) is 1.87. The molecule has 34 heavy (non-hydrogen) atoms. The third kappa shape index (κ3) is 5.72. The molecular weight excluding hydrogens is 512 g/mol. The number of ether oxygens (including phenoxy) is 2. The SMILES string of the molecule is COc1cc(/C=C2/SC(=Nc3ccccc3)N(C(C)C)C2=O)ccc1OCc1ccc(Br)cc1. The van der Waals surface area contributed by atoms with Gasteiger partial charge >= 0.3 is 0 Å². The summed E-state index contributed by atoms with van der Waals surface area (Å²) in [7, 11) is 1.61. The van der Waals surface area contributed by atoms with Gasteiger partial charge in [-0.3, -0.25) is 9.69 Å². The smallest absolute Gasteiger partial charge is 0.266 e. The number of halogens is 1. The van der Waals surface area contributed by atoms with Crippen LogP contribution in [-0.4, -0.2) is 29.1 Å². The maximum Gasteiger partial charge on any atom is 0.266 e. The van der Waals surface area contributed by atoms with Crippen LogP contribution in [-0.2, 0) is 11.4 Å². The molecule has 3 aromatic rings. The van der Waals surface area contributed by atoms with Gasteiger partial charge in [-0.15, -0.1) is 0 Å². The molecule has 1 amide bonds. The Morgan fingerprint density at radius 2 is 1.76 bits per heavy atom. The summed E-state index contributed by atoms with van der Waals surface area (Å²) in [6.45, 7) is 4.41. The molecule has 0 atom stereocenters. The predicted molar refractivity (Wildman–Crippen MR) is 143 cm³/mol. The monoisotopic (exact) mass is 536 g/mol. The zero-order valence-electron chi connectivity index (χ0n) is 19.2. The van der Waals surface area contributed by atoms with Gasteiger partial charge in [-0.1, -0.05) is 52.3 Å². The van der Waals surface area contributed by atoms with Gasteiger partial charge < -0.3 is 9.47 Å². The van der Waals surface area contributed by atoms with Gasteiger partial charge in [-0.2, -0.15) is 0 Å². The Bertz CT molecular complexity index is 1220. The number of amides is 1. The summed E-state index contributed by atoms with van der Waals surface area (Å²) in [6, 6.07) is 23.3. The topological polar surface area (TPSA) is 51.1 Å². The molecule has 0 N–H and O–H groups in total. The van der Waals surface area contributed by atoms with E-state index in [9.17, 15) is 4.79 Å². The zero-order valence-corrected chi connectivity index (χ0v) is 21.6. The van der Waals surface area contributed by atoms with Crippen molar-refractivity contribution >= 4 is 50.5 Å². The van der Waals surface area contributed by atoms with Crippen LogP contribution >= 0.6 is 27.7 Å². The first-order chi connectivity index (χ1) is 16.4. The molecular formula is C27H25BrN2O3S. The number of para-hydroxylation sites is 1. The van der Waals surface area contributed by atoms with E-state index in [0.717, 1.165) is 21.3 Å². The molecule has 1 aliphatic heterocycles. The number of benzene rings is 3. The Hall–Kier alpha value is -3.03. The van der Waals surface area contributed by atoms with Crippen LogP contribution in [0.25, 0.3) is 6.08 Å². The number of methoxy groups -OCH3 is 1. The van der Waals surface area contributed by atoms with Gasteiger partial charge in [-0.25, -0.2) is 4.99 Å². The lowest BCUT2D eigenvalue weighted by molar-refractivity contribution is -0.123. The first-order valence-electron chi connectivity index (χ1n) is 10.9. The fourth-order valence-electron chi connectivity index (χ4n) is 3.42. The van der Waals surface area contributed by atoms with Gasteiger partial charge in [0.05, 0.1) is 17.7 Å². The molecule has 7 heteroatoms. The number of hydrogen-bond acceptors (Lipinski definition) is 5. The molecule has 0 spiro atoms. The summed E-state index contributed by atoms with van der Waals surface area (Å²) < 4.78 is 12.6. The lowest BCUT2D eigenvalue weighted by Crippen LogP contribution is -2.35. The fourth-order valence-corrected chi connectivity index (χ4v) is 4.80. The van der Waals surface area contributed by atoms with E-state index in [4.69, 9.17) is 14.5 Å². The van der Waals surface area contributed by atoms with E-state index in [2.05, 4.69) is 15.9 Å². The van der Waals surface area contributed by atoms with Crippen molar-refractivity contribution in [3.63, 3.8) is 0 Å². The van der Waals surface area contributed by atoms with Crippen LogP contribution in [0.3, 0.4) is 0 Å². The van der Waals surface area contributed by atoms with E-state index in [0.29, 0.717) is 28.2 Å². The van der Waals surface area contributed by atoms with Crippen molar-refractivity contribution in [1.82, 2.24) is 4.90 Å². The minimum Gasteiger partial charge on any atom is -0.493 e. The highest BCUT2D eigenvalue weighted by Crippen LogP contribution is 2.37. The molecule has 4 rings (SSSR count). The van der Waals surface area contributed by atoms with E-state index in [1.807, 2.05) is 92.7 Å². The van der Waals surface area contributed by atoms with Crippen LogP contribution in [0.1, 0.15) is 25.0 Å². The average Bonchev–Trinajstić information content (AvgIpc) is 3.14. The first kappa shape index (κ1) is 24.1. The van der Waals surface area contributed by atoms with Gasteiger partial charge in [0.15, 0.2) is 16.7 Å². The molecule has 1 heterocycles. The Morgan fingerprint density at radius 3 is 2.44 bits per heavy atom. The number of carbonyl (C=O) groups is 1. The molecule has 0 aliphatic carbocycles. The minimum atomic E-state index is -0.0517. The zero-order chi connectivity index (χ0) is 24.1. The molecule has 3 aromatic carbocycles. The maximum atomic E-state index is 13.2. The van der Waals surface area contributed by atoms with Crippen molar-refractivity contribution < 1.29 is 14.3 Å². The highest BCUT2D eigenvalue weighted by molar-refractivity contribution is 9.10. The van der Waals surface area contributed by atoms with Crippen molar-refractivity contribution in [2.45, 2.75) is 26.5 Å². The number of aliphatic imine (C=N–C) groups is 1.